The van der Waals surface area contributed by atoms with Crippen molar-refractivity contribution in [3.63, 3.8) is 0 Å². The number of likely N-dealkylation sites (tertiary alicyclic amines) is 1. The fourth-order valence-corrected chi connectivity index (χ4v) is 3.90. The third-order valence-electron chi connectivity index (χ3n) is 4.52. The molecule has 3 rings (SSSR count). The first kappa shape index (κ1) is 18.4. The highest BCUT2D eigenvalue weighted by atomic mass is 32.1. The van der Waals surface area contributed by atoms with Crippen LogP contribution >= 0.6 is 11.3 Å². The molecular formula is C18H16F3NO3S. The van der Waals surface area contributed by atoms with Crippen LogP contribution in [-0.2, 0) is 6.18 Å². The lowest BCUT2D eigenvalue weighted by Crippen LogP contribution is -2.37. The van der Waals surface area contributed by atoms with Crippen LogP contribution in [0.1, 0.15) is 49.2 Å². The molecule has 1 aliphatic rings. The average molecular weight is 383 g/mol. The van der Waals surface area contributed by atoms with E-state index in [0.29, 0.717) is 30.8 Å². The number of nitrogens with zero attached hydrogens (tertiary/aromatic N) is 1. The molecule has 1 N–H and O–H groups in total. The van der Waals surface area contributed by atoms with E-state index in [1.54, 1.807) is 4.90 Å². The Labute approximate surface area is 151 Å². The van der Waals surface area contributed by atoms with Gasteiger partial charge in [0, 0.05) is 13.1 Å². The second-order valence-electron chi connectivity index (χ2n) is 6.16. The van der Waals surface area contributed by atoms with E-state index in [9.17, 15) is 22.8 Å². The predicted molar refractivity (Wildman–Crippen MR) is 90.6 cm³/mol. The summed E-state index contributed by atoms with van der Waals surface area (Å²) in [5.41, 5.74) is 0.176. The molecule has 1 fully saturated rings. The van der Waals surface area contributed by atoms with E-state index in [-0.39, 0.29) is 16.7 Å². The molecule has 0 saturated carbocycles. The molecule has 0 atom stereocenters. The number of amides is 1. The molecule has 8 heteroatoms. The van der Waals surface area contributed by atoms with E-state index in [1.165, 1.54) is 24.3 Å². The number of carboxylic acid groups (broad SMARTS) is 1. The molecule has 26 heavy (non-hydrogen) atoms. The molecule has 0 radical (unpaired) electrons. The Morgan fingerprint density at radius 3 is 2.08 bits per heavy atom. The summed E-state index contributed by atoms with van der Waals surface area (Å²) in [5, 5.41) is 8.94. The van der Waals surface area contributed by atoms with Crippen molar-refractivity contribution in [3.8, 4) is 0 Å². The number of carboxylic acids is 1. The maximum atomic E-state index is 12.6. The maximum absolute atomic E-state index is 12.6. The van der Waals surface area contributed by atoms with Gasteiger partial charge in [0.15, 0.2) is 0 Å². The molecule has 1 aliphatic heterocycles. The third-order valence-corrected chi connectivity index (χ3v) is 5.58. The Hall–Kier alpha value is -2.35. The molecule has 0 unspecified atom stereocenters. The molecule has 1 amide bonds. The molecule has 2 aromatic rings. The highest BCUT2D eigenvalue weighted by Crippen LogP contribution is 2.33. The van der Waals surface area contributed by atoms with Crippen LogP contribution in [0.15, 0.2) is 36.4 Å². The van der Waals surface area contributed by atoms with Crippen LogP contribution in [0.3, 0.4) is 0 Å². The number of halogens is 3. The van der Waals surface area contributed by atoms with Gasteiger partial charge in [-0.15, -0.1) is 11.3 Å². The summed E-state index contributed by atoms with van der Waals surface area (Å²) in [6.07, 6.45) is -3.02. The number of hydrogen-bond acceptors (Lipinski definition) is 3. The summed E-state index contributed by atoms with van der Waals surface area (Å²) in [7, 11) is 0. The fourth-order valence-electron chi connectivity index (χ4n) is 3.08. The van der Waals surface area contributed by atoms with Crippen molar-refractivity contribution in [1.29, 1.82) is 0 Å². The molecule has 138 valence electrons. The van der Waals surface area contributed by atoms with Crippen molar-refractivity contribution in [1.82, 2.24) is 4.90 Å². The lowest BCUT2D eigenvalue weighted by Gasteiger charge is -2.32. The van der Waals surface area contributed by atoms with E-state index >= 15 is 0 Å². The van der Waals surface area contributed by atoms with Crippen molar-refractivity contribution in [3.05, 3.63) is 57.3 Å². The van der Waals surface area contributed by atoms with Crippen LogP contribution in [0, 0.1) is 0 Å². The van der Waals surface area contributed by atoms with Crippen LogP contribution in [-0.4, -0.2) is 35.0 Å². The van der Waals surface area contributed by atoms with E-state index < -0.39 is 17.7 Å². The Morgan fingerprint density at radius 2 is 1.58 bits per heavy atom. The molecule has 1 saturated heterocycles. The summed E-state index contributed by atoms with van der Waals surface area (Å²) in [6, 6.07) is 8.11. The predicted octanol–water partition coefficient (Wildman–Crippen LogP) is 4.48. The van der Waals surface area contributed by atoms with Crippen molar-refractivity contribution in [2.45, 2.75) is 24.9 Å². The highest BCUT2D eigenvalue weighted by molar-refractivity contribution is 7.15. The zero-order chi connectivity index (χ0) is 18.9. The summed E-state index contributed by atoms with van der Waals surface area (Å²) < 4.78 is 37.9. The standard InChI is InChI=1S/C18H16F3NO3S/c19-18(20,21)13-3-1-11(2-4-13)12-7-9-22(10-8-12)16(23)14-5-6-15(26-14)17(24)25/h1-6,12H,7-10H2,(H,24,25). The van der Waals surface area contributed by atoms with Gasteiger partial charge >= 0.3 is 12.1 Å². The Kier molecular flexibility index (Phi) is 5.04. The second kappa shape index (κ2) is 7.11. The number of carbonyl (C=O) groups excluding carboxylic acids is 1. The van der Waals surface area contributed by atoms with Gasteiger partial charge in [0.05, 0.1) is 10.4 Å². The number of hydrogen-bond donors (Lipinski definition) is 1. The van der Waals surface area contributed by atoms with E-state index in [0.717, 1.165) is 29.0 Å². The lowest BCUT2D eigenvalue weighted by atomic mass is 9.89. The van der Waals surface area contributed by atoms with Crippen LogP contribution in [0.2, 0.25) is 0 Å². The minimum absolute atomic E-state index is 0.110. The number of carbonyl (C=O) groups is 2. The van der Waals surface area contributed by atoms with Gasteiger partial charge in [0.1, 0.15) is 4.88 Å². The van der Waals surface area contributed by atoms with Gasteiger partial charge in [-0.3, -0.25) is 4.79 Å². The summed E-state index contributed by atoms with van der Waals surface area (Å²) in [4.78, 5) is 25.5. The monoisotopic (exact) mass is 383 g/mol. The zero-order valence-corrected chi connectivity index (χ0v) is 14.4. The molecule has 4 nitrogen and oxygen atoms in total. The van der Waals surface area contributed by atoms with Crippen LogP contribution < -0.4 is 0 Å². The summed E-state index contributed by atoms with van der Waals surface area (Å²) >= 11 is 0.947. The van der Waals surface area contributed by atoms with E-state index in [1.807, 2.05) is 0 Å². The van der Waals surface area contributed by atoms with Gasteiger partial charge in [-0.1, -0.05) is 12.1 Å². The SMILES string of the molecule is O=C(O)c1ccc(C(=O)N2CCC(c3ccc(C(F)(F)F)cc3)CC2)s1. The molecule has 0 aliphatic carbocycles. The smallest absolute Gasteiger partial charge is 0.416 e. The van der Waals surface area contributed by atoms with Gasteiger partial charge < -0.3 is 10.0 Å². The maximum Gasteiger partial charge on any atom is 0.416 e. The number of rotatable bonds is 3. The first-order chi connectivity index (χ1) is 12.3. The Balaban J connectivity index is 1.61. The average Bonchev–Trinajstić information content (AvgIpc) is 3.11. The Bertz CT molecular complexity index is 806. The Morgan fingerprint density at radius 1 is 1.00 bits per heavy atom. The zero-order valence-electron chi connectivity index (χ0n) is 13.6. The van der Waals surface area contributed by atoms with E-state index in [2.05, 4.69) is 0 Å². The van der Waals surface area contributed by atoms with Crippen molar-refractivity contribution in [2.75, 3.05) is 13.1 Å². The first-order valence-corrected chi connectivity index (χ1v) is 8.87. The van der Waals surface area contributed by atoms with Crippen LogP contribution in [0.25, 0.3) is 0 Å². The van der Waals surface area contributed by atoms with Gasteiger partial charge in [0.25, 0.3) is 5.91 Å². The quantitative estimate of drug-likeness (QED) is 0.850. The van der Waals surface area contributed by atoms with Gasteiger partial charge in [0.2, 0.25) is 0 Å². The minimum atomic E-state index is -4.34. The van der Waals surface area contributed by atoms with Crippen LogP contribution in [0.4, 0.5) is 13.2 Å². The van der Waals surface area contributed by atoms with Gasteiger partial charge in [-0.25, -0.2) is 4.79 Å². The van der Waals surface area contributed by atoms with Gasteiger partial charge in [-0.05, 0) is 48.6 Å². The molecule has 2 heterocycles. The molecule has 0 bridgehead atoms. The highest BCUT2D eigenvalue weighted by Gasteiger charge is 2.31. The summed E-state index contributed by atoms with van der Waals surface area (Å²) in [6.45, 7) is 0.982. The van der Waals surface area contributed by atoms with Crippen molar-refractivity contribution >= 4 is 23.2 Å². The topological polar surface area (TPSA) is 57.6 Å². The summed E-state index contributed by atoms with van der Waals surface area (Å²) in [5.74, 6) is -1.15. The molecule has 0 spiro atoms. The number of alkyl halides is 3. The molecule has 1 aromatic carbocycles. The normalized spacial score (nSPS) is 15.9. The molecular weight excluding hydrogens is 367 g/mol. The number of aromatic carboxylic acids is 1. The van der Waals surface area contributed by atoms with Crippen molar-refractivity contribution < 1.29 is 27.9 Å². The van der Waals surface area contributed by atoms with Gasteiger partial charge in [-0.2, -0.15) is 13.2 Å². The second-order valence-corrected chi connectivity index (χ2v) is 7.24. The molecule has 1 aromatic heterocycles. The third kappa shape index (κ3) is 3.90. The van der Waals surface area contributed by atoms with Crippen molar-refractivity contribution in [2.24, 2.45) is 0 Å². The minimum Gasteiger partial charge on any atom is -0.477 e. The lowest BCUT2D eigenvalue weighted by molar-refractivity contribution is -0.137. The van der Waals surface area contributed by atoms with Crippen LogP contribution in [0.5, 0.6) is 0 Å². The fraction of sp³-hybridized carbons (Fsp3) is 0.333. The number of thiophene rings is 1. The first-order valence-electron chi connectivity index (χ1n) is 8.05. The number of benzene rings is 1. The largest absolute Gasteiger partial charge is 0.477 e. The number of piperidine rings is 1. The van der Waals surface area contributed by atoms with E-state index in [4.69, 9.17) is 5.11 Å².